The van der Waals surface area contributed by atoms with Gasteiger partial charge in [-0.25, -0.2) is 13.2 Å². The number of benzene rings is 2. The van der Waals surface area contributed by atoms with Crippen molar-refractivity contribution in [2.45, 2.75) is 230 Å². The number of fused-ring (bicyclic) bond motifs is 3. The monoisotopic (exact) mass is 1410 g/mol. The number of esters is 1. The molecule has 17 atom stereocenters. The quantitative estimate of drug-likeness (QED) is 0.0298. The van der Waals surface area contributed by atoms with Crippen LogP contribution in [0.15, 0.2) is 118 Å². The van der Waals surface area contributed by atoms with Crippen LogP contribution in [0.1, 0.15) is 163 Å². The normalized spacial score (nSPS) is 29.7. The number of hydrogen-bond donors (Lipinski definition) is 4. The number of piperidine rings is 1. The lowest BCUT2D eigenvalue weighted by Gasteiger charge is -2.47. The smallest absolute Gasteiger partial charge is 0.329 e. The van der Waals surface area contributed by atoms with Crippen molar-refractivity contribution in [3.05, 3.63) is 120 Å². The number of nitrogens with zero attached hydrogens (tertiary/aromatic N) is 2. The van der Waals surface area contributed by atoms with Crippen molar-refractivity contribution >= 4 is 45.0 Å². The maximum atomic E-state index is 14.9. The third kappa shape index (κ3) is 22.5. The average molecular weight is 1410 g/mol. The molecule has 2 aromatic carbocycles. The Bertz CT molecular complexity index is 3330. The lowest BCUT2D eigenvalue weighted by atomic mass is 9.81. The highest BCUT2D eigenvalue weighted by molar-refractivity contribution is 7.89. The van der Waals surface area contributed by atoms with E-state index in [1.807, 2.05) is 82.3 Å². The minimum Gasteiger partial charge on any atom is -0.497 e. The van der Waals surface area contributed by atoms with Crippen LogP contribution in [-0.2, 0) is 75.3 Å². The number of ketones is 4. The maximum Gasteiger partial charge on any atom is 0.329 e. The van der Waals surface area contributed by atoms with Gasteiger partial charge in [0.05, 0.1) is 54.9 Å². The molecular weight excluding hydrogens is 1300 g/mol. The lowest BCUT2D eigenvalue weighted by molar-refractivity contribution is -0.302. The molecule has 4 heterocycles. The Morgan fingerprint density at radius 1 is 0.790 bits per heavy atom. The molecule has 1 amide bonds. The second-order valence-electron chi connectivity index (χ2n) is 29.2. The number of amides is 1. The zero-order valence-electron chi connectivity index (χ0n) is 60.6. The van der Waals surface area contributed by atoms with Crippen LogP contribution in [0, 0.1) is 47.3 Å². The zero-order chi connectivity index (χ0) is 73.0. The van der Waals surface area contributed by atoms with Crippen molar-refractivity contribution in [1.82, 2.24) is 9.21 Å². The van der Waals surface area contributed by atoms with Crippen molar-refractivity contribution in [1.29, 1.82) is 0 Å². The molecule has 3 fully saturated rings. The van der Waals surface area contributed by atoms with Crippen LogP contribution in [0.5, 0.6) is 5.75 Å². The summed E-state index contributed by atoms with van der Waals surface area (Å²) >= 11 is 0. The molecule has 3 aliphatic heterocycles. The van der Waals surface area contributed by atoms with Gasteiger partial charge in [0.2, 0.25) is 15.8 Å². The van der Waals surface area contributed by atoms with Crippen LogP contribution in [0.4, 0.5) is 0 Å². The first-order valence-corrected chi connectivity index (χ1v) is 37.4. The Hall–Kier alpha value is -6.05. The van der Waals surface area contributed by atoms with E-state index >= 15 is 0 Å². The number of ether oxygens (including phenoxy) is 6. The fraction of sp³-hybridized carbons (Fsp3) is 0.641. The van der Waals surface area contributed by atoms with E-state index in [4.69, 9.17) is 32.8 Å². The first-order valence-electron chi connectivity index (χ1n) is 35.9. The summed E-state index contributed by atoms with van der Waals surface area (Å²) in [4.78, 5) is 88.5. The minimum atomic E-state index is -4.08. The number of rotatable bonds is 28. The zero-order valence-corrected chi connectivity index (χ0v) is 61.4. The molecular formula is C78H112N2O19S. The molecule has 4 aliphatic rings. The summed E-state index contributed by atoms with van der Waals surface area (Å²) < 4.78 is 71.0. The van der Waals surface area contributed by atoms with E-state index < -0.39 is 118 Å². The van der Waals surface area contributed by atoms with Crippen molar-refractivity contribution < 1.29 is 90.4 Å². The maximum absolute atomic E-state index is 14.9. The summed E-state index contributed by atoms with van der Waals surface area (Å²) in [5.74, 6) is -9.19. The van der Waals surface area contributed by atoms with Gasteiger partial charge < -0.3 is 58.2 Å². The Labute approximate surface area is 592 Å². The summed E-state index contributed by atoms with van der Waals surface area (Å²) in [6, 6.07) is 17.8. The van der Waals surface area contributed by atoms with Crippen LogP contribution >= 0.6 is 0 Å². The molecule has 554 valence electrons. The molecule has 0 radical (unpaired) electrons. The van der Waals surface area contributed by atoms with Crippen molar-refractivity contribution in [2.75, 3.05) is 48.1 Å². The number of methoxy groups -OCH3 is 4. The van der Waals surface area contributed by atoms with E-state index in [1.54, 1.807) is 52.1 Å². The Morgan fingerprint density at radius 2 is 1.48 bits per heavy atom. The summed E-state index contributed by atoms with van der Waals surface area (Å²) in [5.41, 5.74) is 2.31. The van der Waals surface area contributed by atoms with E-state index in [0.717, 1.165) is 16.0 Å². The lowest BCUT2D eigenvalue weighted by Crippen LogP contribution is -2.64. The molecule has 3 aromatic rings. The van der Waals surface area contributed by atoms with E-state index in [0.29, 0.717) is 81.3 Å². The summed E-state index contributed by atoms with van der Waals surface area (Å²) in [6.07, 6.45) is 6.50. The van der Waals surface area contributed by atoms with Gasteiger partial charge in [0.1, 0.15) is 47.1 Å². The molecule has 2 saturated heterocycles. The number of furan rings is 1. The molecule has 1 aromatic heterocycles. The fourth-order valence-electron chi connectivity index (χ4n) is 15.1. The molecule has 2 bridgehead atoms. The third-order valence-corrected chi connectivity index (χ3v) is 22.6. The van der Waals surface area contributed by atoms with Gasteiger partial charge in [-0.15, -0.1) is 0 Å². The van der Waals surface area contributed by atoms with E-state index in [1.165, 1.54) is 44.0 Å². The Morgan fingerprint density at radius 3 is 2.14 bits per heavy atom. The number of aliphatic hydroxyl groups excluding tert-OH is 3. The Kier molecular flexibility index (Phi) is 31.2. The number of sulfonamides is 1. The predicted octanol–water partition coefficient (Wildman–Crippen LogP) is 10.1. The highest BCUT2D eigenvalue weighted by atomic mass is 32.2. The first-order chi connectivity index (χ1) is 47.6. The predicted molar refractivity (Wildman–Crippen MR) is 377 cm³/mol. The largest absolute Gasteiger partial charge is 0.497 e. The van der Waals surface area contributed by atoms with Crippen LogP contribution in [0.3, 0.4) is 0 Å². The average Bonchev–Trinajstić information content (AvgIpc) is 0.807. The number of carbonyl (C=O) groups is 6. The standard InChI is InChI=1S/C78H112N2O19S/c1-49(2)47-79(100(91,92)64-30-28-62(93-8)29-31-64)48-69(86)59(40-55-21-14-12-15-22-55)45-61(82)42-57(43-63-25-20-34-97-63)41-60(81)24-17-13-16-23-58-36-50(3)35-51(4)37-71(95-10)74-72(96-11)39-53(6)78(90,99-74)75(87)76(88)80-33-19-18-26-65(80)77(89)98-73(54(7)67(84)46-68(58)85)52(5)38-56-27-32-66(83)70(44-56)94-9/h12-16,20-22,25,28-31,34,36,38,49,51,53-54,56-59,65-67,69-74,83-84,86,90H,17-19,23-24,26-27,32-33,35,37,39-48H2,1-11H3/b16-13+,50-36+,52-38+/t51-,53+,54+,56-,57?,58+,59-,65-,66+,67-,69-,70+,71-,72-,73+,74+,78+/m0/s1. The highest BCUT2D eigenvalue weighted by Crippen LogP contribution is 2.40. The number of carbonyl (C=O) groups excluding carboxylic acids is 6. The van der Waals surface area contributed by atoms with Gasteiger partial charge in [-0.05, 0) is 168 Å². The molecule has 1 unspecified atom stereocenters. The van der Waals surface area contributed by atoms with Crippen LogP contribution in [-0.4, -0.2) is 182 Å². The molecule has 4 N–H and O–H groups in total. The first kappa shape index (κ1) is 81.3. The van der Waals surface area contributed by atoms with Crippen molar-refractivity contribution in [3.8, 4) is 5.75 Å². The van der Waals surface area contributed by atoms with Gasteiger partial charge in [0, 0.05) is 97.2 Å². The summed E-state index contributed by atoms with van der Waals surface area (Å²) in [7, 11) is 1.96. The van der Waals surface area contributed by atoms with Crippen LogP contribution in [0.2, 0.25) is 0 Å². The Balaban J connectivity index is 1.11. The van der Waals surface area contributed by atoms with Gasteiger partial charge in [-0.1, -0.05) is 94.8 Å². The SMILES string of the molecule is COc1ccc(S(=O)(=O)N(CC(C)C)C[C@H](O)[C@H](CC(=O)CC(CC(=O)CC/C=C/C[C@@H]2/C=C(\C)C[C@H](C)C[C@H](OC)[C@H]3O[C@@](O)(C(=O)C(=O)N4CCCC[C@H]4C(=O)O[C@H](/C(C)=C/[C@@H]4CC[C@@H](O)[C@H](OC)C4)[C@H](C)[C@@H](O)CC2=O)[C@H](C)C[C@@H]3OC)Cc2ccco2)Cc2ccccc2)cc1. The fourth-order valence-corrected chi connectivity index (χ4v) is 16.7. The molecule has 21 nitrogen and oxygen atoms in total. The number of allylic oxidation sites excluding steroid dienone is 5. The minimum absolute atomic E-state index is 0.00396. The van der Waals surface area contributed by atoms with Gasteiger partial charge in [-0.3, -0.25) is 24.0 Å². The van der Waals surface area contributed by atoms with E-state index in [2.05, 4.69) is 0 Å². The third-order valence-electron chi connectivity index (χ3n) is 20.7. The summed E-state index contributed by atoms with van der Waals surface area (Å²) in [5, 5.41) is 47.3. The summed E-state index contributed by atoms with van der Waals surface area (Å²) in [6.45, 7) is 12.7. The molecule has 1 aliphatic carbocycles. The van der Waals surface area contributed by atoms with Crippen LogP contribution < -0.4 is 4.74 Å². The molecule has 100 heavy (non-hydrogen) atoms. The van der Waals surface area contributed by atoms with Gasteiger partial charge in [0.15, 0.2) is 0 Å². The number of cyclic esters (lactones) is 1. The molecule has 7 rings (SSSR count). The second-order valence-corrected chi connectivity index (χ2v) is 31.2. The van der Waals surface area contributed by atoms with Crippen molar-refractivity contribution in [2.24, 2.45) is 47.3 Å². The van der Waals surface area contributed by atoms with E-state index in [-0.39, 0.29) is 111 Å². The van der Waals surface area contributed by atoms with Crippen LogP contribution in [0.25, 0.3) is 0 Å². The second kappa shape index (κ2) is 38.5. The molecule has 22 heteroatoms. The molecule has 0 spiro atoms. The van der Waals surface area contributed by atoms with Gasteiger partial charge >= 0.3 is 5.97 Å². The topological polar surface area (TPSA) is 292 Å². The van der Waals surface area contributed by atoms with Gasteiger partial charge in [0.25, 0.3) is 11.7 Å². The number of Topliss-reactive ketones (excluding diaryl/α,β-unsaturated/α-hetero) is 4. The number of aliphatic hydroxyl groups is 4. The van der Waals surface area contributed by atoms with Crippen molar-refractivity contribution in [3.63, 3.8) is 0 Å². The number of hydrogen-bond acceptors (Lipinski definition) is 19. The van der Waals surface area contributed by atoms with E-state index in [9.17, 15) is 57.6 Å². The highest BCUT2D eigenvalue weighted by Gasteiger charge is 2.57. The molecule has 1 saturated carbocycles. The van der Waals surface area contributed by atoms with Gasteiger partial charge in [-0.2, -0.15) is 4.31 Å².